The fourth-order valence-electron chi connectivity index (χ4n) is 2.26. The predicted molar refractivity (Wildman–Crippen MR) is 88.7 cm³/mol. The molecule has 0 saturated heterocycles. The molecule has 2 rings (SSSR count). The molecule has 1 aromatic heterocycles. The van der Waals surface area contributed by atoms with Crippen molar-refractivity contribution in [2.24, 2.45) is 0 Å². The zero-order valence-electron chi connectivity index (χ0n) is 13.1. The minimum Gasteiger partial charge on any atom is -0.369 e. The monoisotopic (exact) mass is 284 g/mol. The maximum absolute atomic E-state index is 4.51. The van der Waals surface area contributed by atoms with Crippen LogP contribution >= 0.6 is 0 Å². The molecule has 1 aromatic carbocycles. The molecule has 0 aliphatic heterocycles. The molecule has 0 aliphatic carbocycles. The van der Waals surface area contributed by atoms with E-state index in [9.17, 15) is 0 Å². The Balaban J connectivity index is 2.07. The number of nitrogens with zero attached hydrogens (tertiary/aromatic N) is 3. The van der Waals surface area contributed by atoms with E-state index in [1.165, 1.54) is 11.3 Å². The molecule has 0 radical (unpaired) electrons. The Morgan fingerprint density at radius 1 is 1.10 bits per heavy atom. The molecule has 0 unspecified atom stereocenters. The molecular weight excluding hydrogens is 260 g/mol. The van der Waals surface area contributed by atoms with E-state index in [2.05, 4.69) is 65.2 Å². The number of hydrogen-bond acceptors (Lipinski definition) is 4. The third-order valence-electron chi connectivity index (χ3n) is 3.45. The fraction of sp³-hybridized carbons (Fsp3) is 0.412. The first-order chi connectivity index (χ1) is 10.2. The summed E-state index contributed by atoms with van der Waals surface area (Å²) in [5.41, 5.74) is 3.53. The van der Waals surface area contributed by atoms with Gasteiger partial charge in [-0.3, -0.25) is 4.98 Å². The Hall–Kier alpha value is -2.10. The van der Waals surface area contributed by atoms with E-state index in [-0.39, 0.29) is 0 Å². The van der Waals surface area contributed by atoms with Crippen LogP contribution in [0.1, 0.15) is 31.5 Å². The largest absolute Gasteiger partial charge is 0.369 e. The molecule has 0 bridgehead atoms. The lowest BCUT2D eigenvalue weighted by atomic mass is 10.2. The van der Waals surface area contributed by atoms with E-state index in [0.29, 0.717) is 0 Å². The quantitative estimate of drug-likeness (QED) is 0.843. The highest BCUT2D eigenvalue weighted by atomic mass is 15.1. The first-order valence-corrected chi connectivity index (χ1v) is 7.60. The molecule has 112 valence electrons. The summed E-state index contributed by atoms with van der Waals surface area (Å²) in [5.74, 6) is 0.847. The third kappa shape index (κ3) is 4.18. The Labute approximate surface area is 127 Å². The molecule has 0 saturated carbocycles. The highest BCUT2D eigenvalue weighted by Gasteiger charge is 2.08. The van der Waals surface area contributed by atoms with Gasteiger partial charge in [-0.1, -0.05) is 25.1 Å². The number of aromatic nitrogens is 2. The highest BCUT2D eigenvalue weighted by Crippen LogP contribution is 2.20. The van der Waals surface area contributed by atoms with Crippen molar-refractivity contribution in [3.8, 4) is 0 Å². The van der Waals surface area contributed by atoms with Gasteiger partial charge < -0.3 is 10.2 Å². The van der Waals surface area contributed by atoms with E-state index >= 15 is 0 Å². The van der Waals surface area contributed by atoms with Gasteiger partial charge in [0.05, 0.1) is 24.6 Å². The second-order valence-electron chi connectivity index (χ2n) is 5.12. The number of rotatable bonds is 7. The number of anilines is 2. The van der Waals surface area contributed by atoms with Gasteiger partial charge in [0.1, 0.15) is 5.82 Å². The van der Waals surface area contributed by atoms with Gasteiger partial charge in [-0.15, -0.1) is 0 Å². The summed E-state index contributed by atoms with van der Waals surface area (Å²) >= 11 is 0. The average Bonchev–Trinajstić information content (AvgIpc) is 2.52. The second kappa shape index (κ2) is 7.62. The molecule has 21 heavy (non-hydrogen) atoms. The normalized spacial score (nSPS) is 10.4. The summed E-state index contributed by atoms with van der Waals surface area (Å²) in [4.78, 5) is 11.2. The maximum atomic E-state index is 4.51. The average molecular weight is 284 g/mol. The predicted octanol–water partition coefficient (Wildman–Crippen LogP) is 3.63. The van der Waals surface area contributed by atoms with Crippen molar-refractivity contribution in [2.45, 2.75) is 33.7 Å². The molecule has 0 aliphatic rings. The molecule has 0 atom stereocenters. The molecule has 0 amide bonds. The lowest BCUT2D eigenvalue weighted by molar-refractivity contribution is 0.800. The number of hydrogen-bond donors (Lipinski definition) is 1. The van der Waals surface area contributed by atoms with Crippen LogP contribution in [0, 0.1) is 6.92 Å². The van der Waals surface area contributed by atoms with Crippen LogP contribution in [-0.2, 0) is 6.54 Å². The molecular formula is C17H24N4. The van der Waals surface area contributed by atoms with Crippen LogP contribution in [0.5, 0.6) is 0 Å². The topological polar surface area (TPSA) is 41.1 Å². The minimum absolute atomic E-state index is 0.780. The smallest absolute Gasteiger partial charge is 0.144 e. The van der Waals surface area contributed by atoms with Gasteiger partial charge >= 0.3 is 0 Å². The number of para-hydroxylation sites is 1. The molecule has 2 aromatic rings. The van der Waals surface area contributed by atoms with E-state index in [1.54, 1.807) is 0 Å². The summed E-state index contributed by atoms with van der Waals surface area (Å²) in [6, 6.07) is 8.44. The summed E-state index contributed by atoms with van der Waals surface area (Å²) in [6.45, 7) is 9.09. The van der Waals surface area contributed by atoms with Gasteiger partial charge in [0.15, 0.2) is 0 Å². The maximum Gasteiger partial charge on any atom is 0.144 e. The first-order valence-electron chi connectivity index (χ1n) is 7.60. The zero-order valence-corrected chi connectivity index (χ0v) is 13.1. The van der Waals surface area contributed by atoms with E-state index in [1.807, 2.05) is 12.4 Å². The Morgan fingerprint density at radius 3 is 2.52 bits per heavy atom. The molecule has 1 N–H and O–H groups in total. The van der Waals surface area contributed by atoms with Gasteiger partial charge in [0.25, 0.3) is 0 Å². The molecule has 0 fully saturated rings. The number of nitrogens with one attached hydrogen (secondary N) is 1. The Morgan fingerprint density at radius 2 is 1.90 bits per heavy atom. The number of aryl methyl sites for hydroxylation is 1. The van der Waals surface area contributed by atoms with Crippen molar-refractivity contribution < 1.29 is 0 Å². The standard InChI is InChI=1S/C17H24N4/c1-4-10-18-17-12-19-15(11-20-17)13-21(5-2)16-9-7-6-8-14(16)3/h6-9,11-12H,4-5,10,13H2,1-3H3,(H,18,20). The van der Waals surface area contributed by atoms with Gasteiger partial charge in [0.2, 0.25) is 0 Å². The van der Waals surface area contributed by atoms with Crippen LogP contribution in [0.3, 0.4) is 0 Å². The second-order valence-corrected chi connectivity index (χ2v) is 5.12. The third-order valence-corrected chi connectivity index (χ3v) is 3.45. The highest BCUT2D eigenvalue weighted by molar-refractivity contribution is 5.53. The van der Waals surface area contributed by atoms with Crippen molar-refractivity contribution in [3.05, 3.63) is 47.9 Å². The SMILES string of the molecule is CCCNc1cnc(CN(CC)c2ccccc2C)cn1. The molecule has 4 heteroatoms. The van der Waals surface area contributed by atoms with Crippen LogP contribution in [0.4, 0.5) is 11.5 Å². The van der Waals surface area contributed by atoms with E-state index < -0.39 is 0 Å². The van der Waals surface area contributed by atoms with Crippen LogP contribution in [-0.4, -0.2) is 23.1 Å². The van der Waals surface area contributed by atoms with Gasteiger partial charge in [-0.2, -0.15) is 0 Å². The van der Waals surface area contributed by atoms with E-state index in [4.69, 9.17) is 0 Å². The minimum atomic E-state index is 0.780. The van der Waals surface area contributed by atoms with Gasteiger partial charge in [0, 0.05) is 18.8 Å². The van der Waals surface area contributed by atoms with Crippen molar-refractivity contribution in [2.75, 3.05) is 23.3 Å². The van der Waals surface area contributed by atoms with Crippen LogP contribution in [0.15, 0.2) is 36.7 Å². The molecule has 0 spiro atoms. The lowest BCUT2D eigenvalue weighted by Gasteiger charge is -2.24. The summed E-state index contributed by atoms with van der Waals surface area (Å²) in [6.07, 6.45) is 4.76. The lowest BCUT2D eigenvalue weighted by Crippen LogP contribution is -2.23. The van der Waals surface area contributed by atoms with E-state index in [0.717, 1.165) is 37.6 Å². The number of benzene rings is 1. The van der Waals surface area contributed by atoms with Crippen LogP contribution in [0.25, 0.3) is 0 Å². The van der Waals surface area contributed by atoms with Crippen molar-refractivity contribution in [1.29, 1.82) is 0 Å². The first kappa shape index (κ1) is 15.3. The Kier molecular flexibility index (Phi) is 5.55. The summed E-state index contributed by atoms with van der Waals surface area (Å²) < 4.78 is 0. The van der Waals surface area contributed by atoms with Gasteiger partial charge in [-0.25, -0.2) is 4.98 Å². The summed E-state index contributed by atoms with van der Waals surface area (Å²) in [7, 11) is 0. The van der Waals surface area contributed by atoms with Gasteiger partial charge in [-0.05, 0) is 31.9 Å². The van der Waals surface area contributed by atoms with Crippen LogP contribution in [0.2, 0.25) is 0 Å². The van der Waals surface area contributed by atoms with Crippen molar-refractivity contribution in [3.63, 3.8) is 0 Å². The molecule has 1 heterocycles. The molecule has 4 nitrogen and oxygen atoms in total. The Bertz CT molecular complexity index is 551. The summed E-state index contributed by atoms with van der Waals surface area (Å²) in [5, 5.41) is 3.24. The van der Waals surface area contributed by atoms with Crippen LogP contribution < -0.4 is 10.2 Å². The fourth-order valence-corrected chi connectivity index (χ4v) is 2.26. The van der Waals surface area contributed by atoms with Crippen molar-refractivity contribution >= 4 is 11.5 Å². The van der Waals surface area contributed by atoms with Crippen molar-refractivity contribution in [1.82, 2.24) is 9.97 Å². The zero-order chi connectivity index (χ0) is 15.1.